The first kappa shape index (κ1) is 25.1. The first-order chi connectivity index (χ1) is 18.4. The van der Waals surface area contributed by atoms with Crippen molar-refractivity contribution in [3.63, 3.8) is 0 Å². The van der Waals surface area contributed by atoms with Gasteiger partial charge >= 0.3 is 0 Å². The minimum atomic E-state index is -0.550. The molecule has 202 valence electrons. The number of hydrogen-bond acceptors (Lipinski definition) is 10. The lowest BCUT2D eigenvalue weighted by Crippen LogP contribution is -2.68. The van der Waals surface area contributed by atoms with Crippen LogP contribution in [-0.2, 0) is 17.6 Å². The minimum Gasteiger partial charge on any atom is -0.507 e. The van der Waals surface area contributed by atoms with Gasteiger partial charge in [0.25, 0.3) is 0 Å². The number of aryl methyl sites for hydroxylation is 1. The number of nitriles is 1. The van der Waals surface area contributed by atoms with Gasteiger partial charge < -0.3 is 33.9 Å². The van der Waals surface area contributed by atoms with Crippen LogP contribution >= 0.6 is 0 Å². The van der Waals surface area contributed by atoms with Crippen molar-refractivity contribution in [1.29, 1.82) is 5.26 Å². The molecule has 1 fully saturated rings. The van der Waals surface area contributed by atoms with Crippen molar-refractivity contribution in [3.8, 4) is 34.8 Å². The lowest BCUT2D eigenvalue weighted by molar-refractivity contribution is -0.0832. The Labute approximate surface area is 221 Å². The molecule has 0 aliphatic carbocycles. The topological polar surface area (TPSA) is 117 Å². The van der Waals surface area contributed by atoms with E-state index in [0.29, 0.717) is 47.0 Å². The smallest absolute Gasteiger partial charge is 0.231 e. The van der Waals surface area contributed by atoms with Crippen LogP contribution in [0, 0.1) is 25.2 Å². The van der Waals surface area contributed by atoms with Gasteiger partial charge in [0.2, 0.25) is 6.79 Å². The van der Waals surface area contributed by atoms with Gasteiger partial charge in [0.1, 0.15) is 11.8 Å². The molecule has 1 saturated heterocycles. The summed E-state index contributed by atoms with van der Waals surface area (Å²) in [7, 11) is 5.25. The molecule has 2 N–H and O–H groups in total. The molecule has 4 aliphatic heterocycles. The van der Waals surface area contributed by atoms with E-state index in [1.165, 1.54) is 0 Å². The number of methoxy groups -OCH3 is 2. The van der Waals surface area contributed by atoms with E-state index >= 15 is 0 Å². The number of fused-ring (bicyclic) bond motifs is 9. The molecule has 0 spiro atoms. The van der Waals surface area contributed by atoms with Crippen molar-refractivity contribution < 1.29 is 33.9 Å². The highest BCUT2D eigenvalue weighted by Crippen LogP contribution is 2.58. The minimum absolute atomic E-state index is 0.0516. The molecule has 4 heterocycles. The summed E-state index contributed by atoms with van der Waals surface area (Å²) in [6.45, 7) is 3.68. The van der Waals surface area contributed by atoms with Gasteiger partial charge in [-0.1, -0.05) is 6.07 Å². The summed E-state index contributed by atoms with van der Waals surface area (Å²) in [6, 6.07) is 3.09. The number of phenolic OH excluding ortho intramolecular Hbond substituents is 1. The van der Waals surface area contributed by atoms with Gasteiger partial charge in [0.15, 0.2) is 29.8 Å². The Balaban J connectivity index is 1.60. The summed E-state index contributed by atoms with van der Waals surface area (Å²) in [6.07, 6.45) is 1.09. The highest BCUT2D eigenvalue weighted by atomic mass is 16.7. The molecule has 0 aromatic heterocycles. The number of aliphatic hydroxyl groups excluding tert-OH is 1. The van der Waals surface area contributed by atoms with E-state index in [1.807, 2.05) is 20.9 Å². The number of likely N-dealkylation sites (N-methyl/N-ethyl adjacent to an activating group) is 1. The van der Waals surface area contributed by atoms with E-state index in [0.717, 1.165) is 22.3 Å². The SMILES string of the molecule is COCOc1c(OC)c(C)cc2c1[C@@H]1C3Cc4c(O)c(C)c5c(c4[C@H](CO)N3[C@@H](C#N)[C@@H](C2)N1C)OCO5. The zero-order valence-electron chi connectivity index (χ0n) is 22.3. The molecule has 6 rings (SSSR count). The van der Waals surface area contributed by atoms with Crippen molar-refractivity contribution in [3.05, 3.63) is 39.4 Å². The van der Waals surface area contributed by atoms with Crippen LogP contribution in [-0.4, -0.2) is 79.6 Å². The Hall–Kier alpha value is -3.23. The van der Waals surface area contributed by atoms with Crippen molar-refractivity contribution in [1.82, 2.24) is 9.80 Å². The molecule has 10 nitrogen and oxygen atoms in total. The molecular weight excluding hydrogens is 490 g/mol. The first-order valence-corrected chi connectivity index (χ1v) is 12.8. The van der Waals surface area contributed by atoms with E-state index < -0.39 is 12.1 Å². The normalized spacial score (nSPS) is 27.2. The van der Waals surface area contributed by atoms with Gasteiger partial charge in [-0.25, -0.2) is 0 Å². The lowest BCUT2D eigenvalue weighted by atomic mass is 9.71. The van der Waals surface area contributed by atoms with Crippen LogP contribution in [0.4, 0.5) is 0 Å². The predicted octanol–water partition coefficient (Wildman–Crippen LogP) is 2.49. The zero-order valence-corrected chi connectivity index (χ0v) is 22.3. The number of aromatic hydroxyl groups is 1. The highest BCUT2D eigenvalue weighted by molar-refractivity contribution is 5.66. The molecule has 5 atom stereocenters. The first-order valence-electron chi connectivity index (χ1n) is 12.8. The Morgan fingerprint density at radius 2 is 1.87 bits per heavy atom. The fraction of sp³-hybridized carbons (Fsp3) is 0.536. The van der Waals surface area contributed by atoms with E-state index in [4.69, 9.17) is 23.7 Å². The van der Waals surface area contributed by atoms with Gasteiger partial charge in [-0.15, -0.1) is 0 Å². The lowest BCUT2D eigenvalue weighted by Gasteiger charge is -2.59. The van der Waals surface area contributed by atoms with Gasteiger partial charge in [-0.2, -0.15) is 5.26 Å². The Kier molecular flexibility index (Phi) is 6.07. The number of ether oxygens (including phenoxy) is 5. The van der Waals surface area contributed by atoms with E-state index in [9.17, 15) is 15.5 Å². The van der Waals surface area contributed by atoms with Crippen LogP contribution < -0.4 is 18.9 Å². The molecule has 0 saturated carbocycles. The second-order valence-electron chi connectivity index (χ2n) is 10.5. The predicted molar refractivity (Wildman–Crippen MR) is 136 cm³/mol. The quantitative estimate of drug-likeness (QED) is 0.566. The number of nitrogens with zero attached hydrogens (tertiary/aromatic N) is 3. The average molecular weight is 524 g/mol. The van der Waals surface area contributed by atoms with Gasteiger partial charge in [-0.3, -0.25) is 9.80 Å². The number of phenols is 1. The molecule has 0 amide bonds. The van der Waals surface area contributed by atoms with Crippen molar-refractivity contribution >= 4 is 0 Å². The standard InChI is InChI=1S/C28H33N3O7/c1-13-6-15-7-17-19(9-29)31-18(23(30(17)3)21(15)27(25(13)35-5)36-11-34-4)8-16-22(20(31)10-32)28-26(37-12-38-28)14(2)24(16)33/h6,17-20,23,32-33H,7-8,10-12H2,1-5H3/t17-,18?,19+,20+,23+/m1/s1. The van der Waals surface area contributed by atoms with E-state index in [-0.39, 0.29) is 44.1 Å². The molecule has 38 heavy (non-hydrogen) atoms. The summed E-state index contributed by atoms with van der Waals surface area (Å²) in [5.41, 5.74) is 5.10. The molecule has 2 aromatic rings. The molecule has 10 heteroatoms. The summed E-state index contributed by atoms with van der Waals surface area (Å²) in [5, 5.41) is 32.6. The van der Waals surface area contributed by atoms with Crippen LogP contribution in [0.15, 0.2) is 6.07 Å². The van der Waals surface area contributed by atoms with Crippen LogP contribution in [0.5, 0.6) is 28.7 Å². The summed E-state index contributed by atoms with van der Waals surface area (Å²) in [4.78, 5) is 4.38. The van der Waals surface area contributed by atoms with E-state index in [2.05, 4.69) is 21.9 Å². The Bertz CT molecular complexity index is 1340. The molecule has 2 aromatic carbocycles. The maximum atomic E-state index is 11.3. The number of aliphatic hydroxyl groups is 1. The molecular formula is C28H33N3O7. The van der Waals surface area contributed by atoms with Crippen LogP contribution in [0.3, 0.4) is 0 Å². The summed E-state index contributed by atoms with van der Waals surface area (Å²) in [5.74, 6) is 2.48. The third-order valence-corrected chi connectivity index (χ3v) is 8.77. The van der Waals surface area contributed by atoms with Gasteiger partial charge in [0.05, 0.1) is 31.9 Å². The largest absolute Gasteiger partial charge is 0.507 e. The number of benzene rings is 2. The van der Waals surface area contributed by atoms with Crippen LogP contribution in [0.1, 0.15) is 45.5 Å². The third-order valence-electron chi connectivity index (χ3n) is 8.77. The van der Waals surface area contributed by atoms with Crippen LogP contribution in [0.2, 0.25) is 0 Å². The maximum absolute atomic E-state index is 11.3. The van der Waals surface area contributed by atoms with Crippen molar-refractivity contribution in [2.45, 2.75) is 56.9 Å². The monoisotopic (exact) mass is 523 g/mol. The number of piperazine rings is 1. The third kappa shape index (κ3) is 3.26. The fourth-order valence-electron chi connectivity index (χ4n) is 7.26. The highest BCUT2D eigenvalue weighted by Gasteiger charge is 2.56. The molecule has 0 radical (unpaired) electrons. The summed E-state index contributed by atoms with van der Waals surface area (Å²) >= 11 is 0. The molecule has 2 bridgehead atoms. The Morgan fingerprint density at radius 3 is 2.55 bits per heavy atom. The van der Waals surface area contributed by atoms with Crippen LogP contribution in [0.25, 0.3) is 0 Å². The number of hydrogen-bond donors (Lipinski definition) is 2. The fourth-order valence-corrected chi connectivity index (χ4v) is 7.26. The molecule has 4 aliphatic rings. The molecule has 1 unspecified atom stereocenters. The average Bonchev–Trinajstić information content (AvgIpc) is 3.40. The van der Waals surface area contributed by atoms with E-state index in [1.54, 1.807) is 14.2 Å². The van der Waals surface area contributed by atoms with Crippen molar-refractivity contribution in [2.24, 2.45) is 0 Å². The second-order valence-corrected chi connectivity index (χ2v) is 10.5. The second kappa shape index (κ2) is 9.20. The van der Waals surface area contributed by atoms with Crippen molar-refractivity contribution in [2.75, 3.05) is 41.5 Å². The summed E-state index contributed by atoms with van der Waals surface area (Å²) < 4.78 is 28.8. The van der Waals surface area contributed by atoms with Gasteiger partial charge in [0, 0.05) is 41.4 Å². The van der Waals surface area contributed by atoms with Gasteiger partial charge in [-0.05, 0) is 44.9 Å². The zero-order chi connectivity index (χ0) is 26.9. The Morgan fingerprint density at radius 1 is 1.11 bits per heavy atom. The number of rotatable bonds is 5. The maximum Gasteiger partial charge on any atom is 0.231 e.